The number of aromatic nitrogens is 3. The third kappa shape index (κ3) is 7.08. The first-order valence-corrected chi connectivity index (χ1v) is 11.0. The number of nitrogens with two attached hydrogens (primary N) is 1. The van der Waals surface area contributed by atoms with Crippen molar-refractivity contribution in [3.63, 3.8) is 0 Å². The van der Waals surface area contributed by atoms with Crippen LogP contribution in [0.3, 0.4) is 0 Å². The lowest BCUT2D eigenvalue weighted by Gasteiger charge is -2.23. The van der Waals surface area contributed by atoms with Crippen molar-refractivity contribution >= 4 is 34.4 Å². The van der Waals surface area contributed by atoms with Gasteiger partial charge in [0, 0.05) is 18.2 Å². The van der Waals surface area contributed by atoms with Gasteiger partial charge in [-0.3, -0.25) is 10.1 Å². The van der Waals surface area contributed by atoms with Crippen molar-refractivity contribution < 1.29 is 37.8 Å². The molecule has 0 unspecified atom stereocenters. The number of aliphatic carboxylic acids is 1. The number of carboxylic acid groups (broad SMARTS) is 1. The third-order valence-electron chi connectivity index (χ3n) is 4.73. The fourth-order valence-corrected chi connectivity index (χ4v) is 3.97. The normalized spacial score (nSPS) is 18.0. The van der Waals surface area contributed by atoms with E-state index in [2.05, 4.69) is 20.3 Å². The monoisotopic (exact) mass is 518 g/mol. The lowest BCUT2D eigenvalue weighted by molar-refractivity contribution is -0.192. The van der Waals surface area contributed by atoms with Crippen LogP contribution in [0, 0.1) is 6.92 Å². The average Bonchev–Trinajstić information content (AvgIpc) is 3.29. The molecule has 5 N–H and O–H groups in total. The van der Waals surface area contributed by atoms with Crippen LogP contribution in [-0.4, -0.2) is 72.8 Å². The molecule has 1 aliphatic rings. The number of anilines is 1. The maximum Gasteiger partial charge on any atom is 0.490 e. The second kappa shape index (κ2) is 10.5. The van der Waals surface area contributed by atoms with Crippen LogP contribution in [0.4, 0.5) is 23.1 Å². The number of amides is 3. The third-order valence-corrected chi connectivity index (χ3v) is 5.83. The summed E-state index contributed by atoms with van der Waals surface area (Å²) in [6.07, 6.45) is -4.02. The molecule has 11 nitrogen and oxygen atoms in total. The minimum atomic E-state index is -5.08. The molecule has 3 heterocycles. The first-order chi connectivity index (χ1) is 16.0. The van der Waals surface area contributed by atoms with E-state index in [1.807, 2.05) is 27.7 Å². The van der Waals surface area contributed by atoms with Gasteiger partial charge in [-0.05, 0) is 19.4 Å². The number of nitrogens with zero attached hydrogens (tertiary/aromatic N) is 4. The van der Waals surface area contributed by atoms with Gasteiger partial charge >= 0.3 is 18.2 Å². The molecule has 0 bridgehead atoms. The summed E-state index contributed by atoms with van der Waals surface area (Å²) in [5.74, 6) is -2.77. The van der Waals surface area contributed by atoms with Gasteiger partial charge in [0.05, 0.1) is 22.4 Å². The van der Waals surface area contributed by atoms with E-state index in [0.717, 1.165) is 22.1 Å². The summed E-state index contributed by atoms with van der Waals surface area (Å²) < 4.78 is 31.7. The summed E-state index contributed by atoms with van der Waals surface area (Å²) in [5, 5.41) is 20.1. The number of hydrogen-bond acceptors (Lipinski definition) is 8. The number of rotatable bonds is 3. The van der Waals surface area contributed by atoms with Gasteiger partial charge in [-0.1, -0.05) is 32.1 Å². The van der Waals surface area contributed by atoms with E-state index in [1.54, 1.807) is 12.3 Å². The highest BCUT2D eigenvalue weighted by atomic mass is 32.1. The summed E-state index contributed by atoms with van der Waals surface area (Å²) in [6.45, 7) is 8.20. The molecule has 192 valence electrons. The summed E-state index contributed by atoms with van der Waals surface area (Å²) in [4.78, 5) is 48.4. The van der Waals surface area contributed by atoms with Crippen molar-refractivity contribution in [2.24, 2.45) is 5.73 Å². The number of nitrogens with one attached hydrogen (secondary N) is 1. The molecule has 0 aromatic carbocycles. The maximum atomic E-state index is 12.6. The summed E-state index contributed by atoms with van der Waals surface area (Å²) >= 11 is 1.29. The number of carboxylic acids is 1. The molecule has 3 amide bonds. The average molecular weight is 519 g/mol. The first-order valence-electron chi connectivity index (χ1n) is 10.2. The highest BCUT2D eigenvalue weighted by Gasteiger charge is 2.40. The molecule has 15 heteroatoms. The summed E-state index contributed by atoms with van der Waals surface area (Å²) in [7, 11) is 0. The van der Waals surface area contributed by atoms with Gasteiger partial charge in [-0.2, -0.15) is 13.2 Å². The molecule has 35 heavy (non-hydrogen) atoms. The predicted molar refractivity (Wildman–Crippen MR) is 120 cm³/mol. The number of thiazole rings is 1. The molecule has 0 aliphatic carbocycles. The summed E-state index contributed by atoms with van der Waals surface area (Å²) in [5.41, 5.74) is 6.59. The zero-order valence-electron chi connectivity index (χ0n) is 19.3. The van der Waals surface area contributed by atoms with E-state index >= 15 is 0 Å². The van der Waals surface area contributed by atoms with Crippen LogP contribution in [0.5, 0.6) is 0 Å². The Morgan fingerprint density at radius 2 is 1.83 bits per heavy atom. The Hall–Kier alpha value is -3.33. The van der Waals surface area contributed by atoms with E-state index in [0.29, 0.717) is 11.6 Å². The molecule has 2 aromatic heterocycles. The van der Waals surface area contributed by atoms with E-state index < -0.39 is 36.2 Å². The van der Waals surface area contributed by atoms with Crippen molar-refractivity contribution in [1.82, 2.24) is 19.9 Å². The minimum absolute atomic E-state index is 0.188. The molecule has 0 spiro atoms. The van der Waals surface area contributed by atoms with Crippen LogP contribution in [0.2, 0.25) is 0 Å². The van der Waals surface area contributed by atoms with Crippen molar-refractivity contribution in [1.29, 1.82) is 0 Å². The molecular weight excluding hydrogens is 493 g/mol. The SMILES string of the molecule is Cc1nc(NC(=O)N2CC[C@@H](O)[C@H]2C(N)=O)sc1-c1ccnc(C(C)(C)C)n1.O=C(O)C(F)(F)F. The Morgan fingerprint density at radius 3 is 2.34 bits per heavy atom. The van der Waals surface area contributed by atoms with Crippen molar-refractivity contribution in [3.05, 3.63) is 23.8 Å². The molecule has 0 saturated carbocycles. The highest BCUT2D eigenvalue weighted by molar-refractivity contribution is 7.19. The van der Waals surface area contributed by atoms with E-state index in [1.165, 1.54) is 16.2 Å². The highest BCUT2D eigenvalue weighted by Crippen LogP contribution is 2.33. The number of carbonyl (C=O) groups excluding carboxylic acids is 2. The second-order valence-electron chi connectivity index (χ2n) is 8.58. The minimum Gasteiger partial charge on any atom is -0.475 e. The zero-order valence-corrected chi connectivity index (χ0v) is 20.1. The predicted octanol–water partition coefficient (Wildman–Crippen LogP) is 2.29. The van der Waals surface area contributed by atoms with Gasteiger partial charge in [0.25, 0.3) is 0 Å². The van der Waals surface area contributed by atoms with Crippen LogP contribution >= 0.6 is 11.3 Å². The number of halogens is 3. The number of carbonyl (C=O) groups is 3. The molecule has 1 aliphatic heterocycles. The van der Waals surface area contributed by atoms with Gasteiger partial charge in [0.2, 0.25) is 5.91 Å². The Kier molecular flexibility index (Phi) is 8.39. The Balaban J connectivity index is 0.000000540. The number of aliphatic hydroxyl groups is 1. The molecule has 3 rings (SSSR count). The lowest BCUT2D eigenvalue weighted by Crippen LogP contribution is -2.49. The standard InChI is InChI=1S/C18H24N6O3S.C2HF3O2/c1-9-13(10-5-7-20-15(22-10)18(2,3)4)28-16(21-9)23-17(27)24-8-6-11(25)12(24)14(19)26;3-2(4,5)1(6)7/h5,7,11-12,25H,6,8H2,1-4H3,(H2,19,26)(H,21,23,27);(H,6,7)/t11-,12+;/m1./s1. The number of urea groups is 1. The van der Waals surface area contributed by atoms with Crippen molar-refractivity contribution in [2.45, 2.75) is 57.9 Å². The zero-order chi connectivity index (χ0) is 26.7. The molecule has 2 aromatic rings. The number of aryl methyl sites for hydroxylation is 1. The van der Waals surface area contributed by atoms with Crippen LogP contribution in [0.25, 0.3) is 10.6 Å². The van der Waals surface area contributed by atoms with Gasteiger partial charge in [-0.25, -0.2) is 24.5 Å². The molecule has 1 fully saturated rings. The van der Waals surface area contributed by atoms with E-state index in [9.17, 15) is 27.9 Å². The van der Waals surface area contributed by atoms with Crippen LogP contribution in [0.1, 0.15) is 38.7 Å². The fraction of sp³-hybridized carbons (Fsp3) is 0.500. The van der Waals surface area contributed by atoms with Gasteiger partial charge in [-0.15, -0.1) is 0 Å². The number of alkyl halides is 3. The first kappa shape index (κ1) is 27.9. The fourth-order valence-electron chi connectivity index (χ4n) is 3.04. The quantitative estimate of drug-likeness (QED) is 0.479. The number of likely N-dealkylation sites (tertiary alicyclic amines) is 1. The Labute approximate surface area is 202 Å². The molecule has 1 saturated heterocycles. The van der Waals surface area contributed by atoms with Crippen LogP contribution in [0.15, 0.2) is 12.3 Å². The van der Waals surface area contributed by atoms with Crippen LogP contribution < -0.4 is 11.1 Å². The smallest absolute Gasteiger partial charge is 0.475 e. The van der Waals surface area contributed by atoms with E-state index in [-0.39, 0.29) is 12.0 Å². The maximum absolute atomic E-state index is 12.6. The van der Waals surface area contributed by atoms with Gasteiger partial charge in [0.1, 0.15) is 11.9 Å². The number of aliphatic hydroxyl groups excluding tert-OH is 1. The molecule has 0 radical (unpaired) electrons. The van der Waals surface area contributed by atoms with Gasteiger partial charge < -0.3 is 20.8 Å². The van der Waals surface area contributed by atoms with Crippen LogP contribution in [-0.2, 0) is 15.0 Å². The van der Waals surface area contributed by atoms with Crippen molar-refractivity contribution in [3.8, 4) is 10.6 Å². The summed E-state index contributed by atoms with van der Waals surface area (Å²) in [6, 6.07) is 0.261. The second-order valence-corrected chi connectivity index (χ2v) is 9.58. The Bertz CT molecular complexity index is 1100. The molecule has 2 atom stereocenters. The topological polar surface area (TPSA) is 172 Å². The molecular formula is C20H25F3N6O5S. The Morgan fingerprint density at radius 1 is 1.23 bits per heavy atom. The number of primary amides is 1. The largest absolute Gasteiger partial charge is 0.490 e. The lowest BCUT2D eigenvalue weighted by atomic mass is 9.95. The van der Waals surface area contributed by atoms with E-state index in [4.69, 9.17) is 15.6 Å². The number of hydrogen-bond donors (Lipinski definition) is 4. The van der Waals surface area contributed by atoms with Crippen molar-refractivity contribution in [2.75, 3.05) is 11.9 Å². The van der Waals surface area contributed by atoms with Gasteiger partial charge in [0.15, 0.2) is 5.13 Å².